The molecule has 2 aromatic carbocycles. The Balaban J connectivity index is 0.811. The topological polar surface area (TPSA) is 205 Å². The number of H-pyrrole nitrogens is 1. The predicted molar refractivity (Wildman–Crippen MR) is 225 cm³/mol. The lowest BCUT2D eigenvalue weighted by atomic mass is 9.76. The van der Waals surface area contributed by atoms with Gasteiger partial charge in [0.15, 0.2) is 5.82 Å². The number of rotatable bonds is 13. The Bertz CT molecular complexity index is 2480. The van der Waals surface area contributed by atoms with E-state index in [-0.39, 0.29) is 35.2 Å². The molecule has 6 aromatic rings. The number of fused-ring (bicyclic) bond motifs is 1. The number of nitrogens with one attached hydrogen (secondary N) is 6. The van der Waals surface area contributed by atoms with Crippen LogP contribution in [0.5, 0.6) is 0 Å². The zero-order chi connectivity index (χ0) is 41.3. The molecule has 8 rings (SSSR count). The molecule has 4 aromatic heterocycles. The van der Waals surface area contributed by atoms with Gasteiger partial charge in [0.2, 0.25) is 11.8 Å². The van der Waals surface area contributed by atoms with Crippen molar-refractivity contribution in [2.45, 2.75) is 89.8 Å². The van der Waals surface area contributed by atoms with E-state index >= 15 is 0 Å². The molecule has 5 heterocycles. The van der Waals surface area contributed by atoms with Gasteiger partial charge < -0.3 is 30.8 Å². The summed E-state index contributed by atoms with van der Waals surface area (Å²) in [6.45, 7) is 11.4. The number of hydrogen-bond acceptors (Lipinski definition) is 12. The molecule has 0 radical (unpaired) electrons. The second-order valence-corrected chi connectivity index (χ2v) is 16.6. The van der Waals surface area contributed by atoms with Crippen molar-refractivity contribution in [1.82, 2.24) is 46.0 Å². The van der Waals surface area contributed by atoms with Crippen LogP contribution < -0.4 is 26.6 Å². The fourth-order valence-corrected chi connectivity index (χ4v) is 7.66. The maximum Gasteiger partial charge on any atom is 0.315 e. The summed E-state index contributed by atoms with van der Waals surface area (Å²) in [5.74, 6) is 0.853. The maximum atomic E-state index is 12.9. The maximum absolute atomic E-state index is 12.9. The van der Waals surface area contributed by atoms with E-state index in [0.717, 1.165) is 82.1 Å². The third-order valence-electron chi connectivity index (χ3n) is 11.1. The summed E-state index contributed by atoms with van der Waals surface area (Å²) in [6, 6.07) is 20.2. The normalized spacial score (nSPS) is 18.6. The Kier molecular flexibility index (Phi) is 10.9. The number of imide groups is 1. The molecular weight excluding hydrogens is 747 g/mol. The van der Waals surface area contributed by atoms with Crippen LogP contribution in [0.2, 0.25) is 0 Å². The first-order chi connectivity index (χ1) is 28.4. The van der Waals surface area contributed by atoms with Crippen molar-refractivity contribution in [3.8, 4) is 22.5 Å². The zero-order valence-corrected chi connectivity index (χ0v) is 33.8. The summed E-state index contributed by atoms with van der Waals surface area (Å²) in [6.07, 6.45) is 6.44. The van der Waals surface area contributed by atoms with E-state index in [2.05, 4.69) is 80.9 Å². The van der Waals surface area contributed by atoms with E-state index in [1.54, 1.807) is 6.33 Å². The number of piperidine rings is 1. The number of pyridine rings is 1. The van der Waals surface area contributed by atoms with Crippen LogP contribution in [0.1, 0.15) is 98.5 Å². The van der Waals surface area contributed by atoms with E-state index in [0.29, 0.717) is 30.6 Å². The number of benzene rings is 2. The number of nitrogens with zero attached hydrogens (tertiary/aromatic N) is 5. The summed E-state index contributed by atoms with van der Waals surface area (Å²) in [4.78, 5) is 57.9. The van der Waals surface area contributed by atoms with Crippen LogP contribution in [0.15, 0.2) is 77.7 Å². The molecule has 0 unspecified atom stereocenters. The second-order valence-electron chi connectivity index (χ2n) is 16.6. The largest absolute Gasteiger partial charge is 0.374 e. The van der Waals surface area contributed by atoms with Gasteiger partial charge in [-0.2, -0.15) is 4.98 Å². The highest BCUT2D eigenvalue weighted by atomic mass is 16.5. The van der Waals surface area contributed by atoms with Crippen LogP contribution in [-0.2, 0) is 15.0 Å². The molecule has 1 saturated carbocycles. The highest BCUT2D eigenvalue weighted by Crippen LogP contribution is 2.37. The highest BCUT2D eigenvalue weighted by molar-refractivity contribution is 6.01. The molecule has 1 aliphatic heterocycles. The zero-order valence-electron chi connectivity index (χ0n) is 33.8. The van der Waals surface area contributed by atoms with Crippen LogP contribution in [0, 0.1) is 6.92 Å². The molecular formula is C44H49N11O4. The molecule has 6 N–H and O–H groups in total. The molecule has 15 nitrogen and oxygen atoms in total. The number of carbonyl (C=O) groups is 3. The lowest BCUT2D eigenvalue weighted by Gasteiger charge is -2.36. The summed E-state index contributed by atoms with van der Waals surface area (Å²) >= 11 is 0. The van der Waals surface area contributed by atoms with E-state index in [1.165, 1.54) is 5.56 Å². The summed E-state index contributed by atoms with van der Waals surface area (Å²) in [5.41, 5.74) is 8.13. The SMILES string of the molecule is Cc1cc(-c2ncnc3[nH]c(-c4ccc(NCCN[C@H]5C[C@@H](c6ccc(N[C@H]7CCC(=O)NC7=O)cc6)C5)nc4)cc23)ccc1[C@@H](C)NC(=O)c1nc(C(C)(C)C)no1. The summed E-state index contributed by atoms with van der Waals surface area (Å²) in [7, 11) is 0. The van der Waals surface area contributed by atoms with E-state index in [9.17, 15) is 14.4 Å². The quantitative estimate of drug-likeness (QED) is 0.0561. The molecule has 1 saturated heterocycles. The number of aromatic amines is 1. The smallest absolute Gasteiger partial charge is 0.315 e. The van der Waals surface area contributed by atoms with Crippen LogP contribution >= 0.6 is 0 Å². The van der Waals surface area contributed by atoms with Crippen molar-refractivity contribution in [2.24, 2.45) is 0 Å². The van der Waals surface area contributed by atoms with Crippen molar-refractivity contribution in [3.05, 3.63) is 102 Å². The number of aromatic nitrogens is 6. The van der Waals surface area contributed by atoms with E-state index < -0.39 is 5.91 Å². The molecule has 15 heteroatoms. The van der Waals surface area contributed by atoms with Crippen molar-refractivity contribution < 1.29 is 18.9 Å². The minimum absolute atomic E-state index is 0.0547. The van der Waals surface area contributed by atoms with Gasteiger partial charge in [-0.25, -0.2) is 15.0 Å². The number of hydrogen-bond donors (Lipinski definition) is 6. The van der Waals surface area contributed by atoms with Gasteiger partial charge in [-0.1, -0.05) is 50.2 Å². The van der Waals surface area contributed by atoms with Gasteiger partial charge in [-0.3, -0.25) is 19.7 Å². The number of amides is 3. The van der Waals surface area contributed by atoms with Gasteiger partial charge in [-0.05, 0) is 92.1 Å². The minimum atomic E-state index is -0.416. The summed E-state index contributed by atoms with van der Waals surface area (Å²) in [5, 5.41) is 20.5. The van der Waals surface area contributed by atoms with Crippen LogP contribution in [-0.4, -0.2) is 73.0 Å². The standard InChI is InChI=1S/C44H49N11O4/c1-24-18-27(8-12-32(24)25(2)50-41(58)42-54-43(55-59-42)44(3,4)5)38-33-21-35(52-39(33)49-23-48-38)28-9-14-36(47-22-28)46-17-16-45-31-19-29(20-31)26-6-10-30(11-7-26)51-34-13-15-37(56)53-40(34)57/h6-12,14,18,21-23,25,29,31,34,45,51H,13,15-17,19-20H2,1-5H3,(H,46,47)(H,50,58)(H,48,49,52)(H,53,56,57)/t25-,29-,31+,34+/m1/s1. The van der Waals surface area contributed by atoms with Gasteiger partial charge in [0.25, 0.3) is 0 Å². The molecule has 304 valence electrons. The van der Waals surface area contributed by atoms with Gasteiger partial charge in [0, 0.05) is 65.1 Å². The minimum Gasteiger partial charge on any atom is -0.374 e. The number of anilines is 2. The van der Waals surface area contributed by atoms with Crippen molar-refractivity contribution in [2.75, 3.05) is 23.7 Å². The lowest BCUT2D eigenvalue weighted by Crippen LogP contribution is -2.47. The monoisotopic (exact) mass is 795 g/mol. The fourth-order valence-electron chi connectivity index (χ4n) is 7.66. The van der Waals surface area contributed by atoms with Crippen molar-refractivity contribution in [3.63, 3.8) is 0 Å². The molecule has 0 spiro atoms. The third kappa shape index (κ3) is 8.84. The molecule has 2 fully saturated rings. The molecule has 1 aliphatic carbocycles. The Hall–Kier alpha value is -6.48. The first-order valence-electron chi connectivity index (χ1n) is 20.1. The summed E-state index contributed by atoms with van der Waals surface area (Å²) < 4.78 is 5.23. The van der Waals surface area contributed by atoms with Gasteiger partial charge in [-0.15, -0.1) is 0 Å². The van der Waals surface area contributed by atoms with Crippen LogP contribution in [0.3, 0.4) is 0 Å². The predicted octanol–water partition coefficient (Wildman–Crippen LogP) is 6.33. The number of carbonyl (C=O) groups excluding carboxylic acids is 3. The molecule has 3 amide bonds. The Labute approximate surface area is 342 Å². The van der Waals surface area contributed by atoms with Gasteiger partial charge >= 0.3 is 11.8 Å². The molecule has 59 heavy (non-hydrogen) atoms. The first-order valence-corrected chi connectivity index (χ1v) is 20.1. The number of aryl methyl sites for hydroxylation is 1. The Morgan fingerprint density at radius 3 is 2.47 bits per heavy atom. The Morgan fingerprint density at radius 2 is 1.76 bits per heavy atom. The lowest BCUT2D eigenvalue weighted by molar-refractivity contribution is -0.133. The van der Waals surface area contributed by atoms with Crippen LogP contribution in [0.4, 0.5) is 11.5 Å². The molecule has 2 aliphatic rings. The average molecular weight is 796 g/mol. The van der Waals surface area contributed by atoms with Crippen molar-refractivity contribution in [1.29, 1.82) is 0 Å². The third-order valence-corrected chi connectivity index (χ3v) is 11.1. The first kappa shape index (κ1) is 39.4. The van der Waals surface area contributed by atoms with E-state index in [4.69, 9.17) is 4.52 Å². The Morgan fingerprint density at radius 1 is 0.966 bits per heavy atom. The average Bonchev–Trinajstić information content (AvgIpc) is 3.88. The highest BCUT2D eigenvalue weighted by Gasteiger charge is 2.30. The van der Waals surface area contributed by atoms with Crippen LogP contribution in [0.25, 0.3) is 33.5 Å². The second kappa shape index (κ2) is 16.4. The van der Waals surface area contributed by atoms with Gasteiger partial charge in [0.1, 0.15) is 23.8 Å². The van der Waals surface area contributed by atoms with E-state index in [1.807, 2.05) is 77.2 Å². The molecule has 0 bridgehead atoms. The molecule has 2 atom stereocenters. The fraction of sp³-hybridized carbons (Fsp3) is 0.364. The van der Waals surface area contributed by atoms with Crippen molar-refractivity contribution >= 4 is 40.3 Å². The van der Waals surface area contributed by atoms with Gasteiger partial charge in [0.05, 0.1) is 11.7 Å².